The summed E-state index contributed by atoms with van der Waals surface area (Å²) in [5.41, 5.74) is 1.19. The van der Waals surface area contributed by atoms with Crippen LogP contribution in [0.15, 0.2) is 11.6 Å². The maximum Gasteiger partial charge on any atom is 0.243 e. The number of ether oxygens (including phenoxy) is 1. The molecule has 1 fully saturated rings. The van der Waals surface area contributed by atoms with E-state index in [1.807, 2.05) is 0 Å². The number of carbonyl (C=O) groups is 1. The number of hydrogen-bond donors (Lipinski definition) is 1. The van der Waals surface area contributed by atoms with Gasteiger partial charge >= 0.3 is 0 Å². The minimum atomic E-state index is 0.0690. The molecule has 0 bridgehead atoms. The highest BCUT2D eigenvalue weighted by Gasteiger charge is 2.13. The topological polar surface area (TPSA) is 38.3 Å². The predicted molar refractivity (Wildman–Crippen MR) is 79.1 cm³/mol. The Kier molecular flexibility index (Phi) is 8.55. The van der Waals surface area contributed by atoms with E-state index in [9.17, 15) is 4.79 Å². The lowest BCUT2D eigenvalue weighted by atomic mass is 10.0. The quantitative estimate of drug-likeness (QED) is 0.540. The summed E-state index contributed by atoms with van der Waals surface area (Å²) >= 11 is 0. The number of hydrogen-bond acceptors (Lipinski definition) is 2. The van der Waals surface area contributed by atoms with Crippen LogP contribution in [0.2, 0.25) is 0 Å². The van der Waals surface area contributed by atoms with Gasteiger partial charge in [-0.2, -0.15) is 0 Å². The van der Waals surface area contributed by atoms with E-state index in [1.165, 1.54) is 31.3 Å². The van der Waals surface area contributed by atoms with Crippen LogP contribution in [0.1, 0.15) is 58.8 Å². The predicted octanol–water partition coefficient (Wildman–Crippen LogP) is 3.45. The summed E-state index contributed by atoms with van der Waals surface area (Å²) in [6.07, 6.45) is 9.97. The van der Waals surface area contributed by atoms with Gasteiger partial charge in [-0.25, -0.2) is 0 Å². The van der Waals surface area contributed by atoms with Gasteiger partial charge in [0.25, 0.3) is 0 Å². The Bertz CT molecular complexity index is 280. The van der Waals surface area contributed by atoms with Crippen LogP contribution in [0.5, 0.6) is 0 Å². The van der Waals surface area contributed by atoms with Gasteiger partial charge in [0.2, 0.25) is 5.91 Å². The lowest BCUT2D eigenvalue weighted by Crippen LogP contribution is -2.31. The van der Waals surface area contributed by atoms with Gasteiger partial charge in [0, 0.05) is 25.8 Å². The molecule has 0 aromatic heterocycles. The van der Waals surface area contributed by atoms with Crippen LogP contribution < -0.4 is 5.32 Å². The number of nitrogens with one attached hydrogen (secondary N) is 1. The van der Waals surface area contributed by atoms with Crippen LogP contribution in [-0.4, -0.2) is 25.7 Å². The third kappa shape index (κ3) is 8.04. The van der Waals surface area contributed by atoms with Crippen molar-refractivity contribution in [1.29, 1.82) is 0 Å². The Balaban J connectivity index is 2.13. The summed E-state index contributed by atoms with van der Waals surface area (Å²) in [6.45, 7) is 6.74. The molecule has 0 saturated carbocycles. The van der Waals surface area contributed by atoms with Crippen LogP contribution in [0.3, 0.4) is 0 Å². The zero-order valence-electron chi connectivity index (χ0n) is 12.5. The molecule has 1 rings (SSSR count). The average molecular weight is 267 g/mol. The average Bonchev–Trinajstić information content (AvgIpc) is 2.42. The Labute approximate surface area is 117 Å². The SMILES string of the molecule is CCCCCCC(C)=CC(=O)NCC1CCOCC1. The molecule has 0 atom stereocenters. The van der Waals surface area contributed by atoms with Crippen LogP contribution in [-0.2, 0) is 9.53 Å². The molecule has 0 aliphatic carbocycles. The van der Waals surface area contributed by atoms with E-state index >= 15 is 0 Å². The molecule has 3 heteroatoms. The molecule has 1 N–H and O–H groups in total. The third-order valence-corrected chi connectivity index (χ3v) is 3.71. The lowest BCUT2D eigenvalue weighted by Gasteiger charge is -2.21. The molecule has 1 saturated heterocycles. The van der Waals surface area contributed by atoms with Crippen molar-refractivity contribution in [3.05, 3.63) is 11.6 Å². The van der Waals surface area contributed by atoms with Crippen molar-refractivity contribution in [3.8, 4) is 0 Å². The molecule has 0 spiro atoms. The zero-order valence-corrected chi connectivity index (χ0v) is 12.5. The molecule has 110 valence electrons. The Morgan fingerprint density at radius 1 is 1.26 bits per heavy atom. The molecule has 19 heavy (non-hydrogen) atoms. The number of unbranched alkanes of at least 4 members (excludes halogenated alkanes) is 3. The van der Waals surface area contributed by atoms with Crippen molar-refractivity contribution in [1.82, 2.24) is 5.32 Å². The molecular weight excluding hydrogens is 238 g/mol. The first-order valence-corrected chi connectivity index (χ1v) is 7.75. The van der Waals surface area contributed by atoms with Gasteiger partial charge < -0.3 is 10.1 Å². The summed E-state index contributed by atoms with van der Waals surface area (Å²) in [4.78, 5) is 11.8. The van der Waals surface area contributed by atoms with E-state index in [2.05, 4.69) is 19.2 Å². The van der Waals surface area contributed by atoms with E-state index in [1.54, 1.807) is 6.08 Å². The number of rotatable bonds is 8. The van der Waals surface area contributed by atoms with Gasteiger partial charge in [0.1, 0.15) is 0 Å². The lowest BCUT2D eigenvalue weighted by molar-refractivity contribution is -0.116. The minimum Gasteiger partial charge on any atom is -0.381 e. The van der Waals surface area contributed by atoms with Crippen LogP contribution in [0, 0.1) is 5.92 Å². The van der Waals surface area contributed by atoms with Gasteiger partial charge in [-0.15, -0.1) is 0 Å². The summed E-state index contributed by atoms with van der Waals surface area (Å²) < 4.78 is 5.31. The van der Waals surface area contributed by atoms with E-state index < -0.39 is 0 Å². The molecular formula is C16H29NO2. The summed E-state index contributed by atoms with van der Waals surface area (Å²) in [5.74, 6) is 0.662. The maximum atomic E-state index is 11.8. The highest BCUT2D eigenvalue weighted by atomic mass is 16.5. The fourth-order valence-electron chi connectivity index (χ4n) is 2.37. The van der Waals surface area contributed by atoms with Gasteiger partial charge in [0.05, 0.1) is 0 Å². The first-order chi connectivity index (χ1) is 9.22. The van der Waals surface area contributed by atoms with Crippen molar-refractivity contribution >= 4 is 5.91 Å². The standard InChI is InChI=1S/C16H29NO2/c1-3-4-5-6-7-14(2)12-16(18)17-13-15-8-10-19-11-9-15/h12,15H,3-11,13H2,1-2H3,(H,17,18). The Morgan fingerprint density at radius 3 is 2.68 bits per heavy atom. The molecule has 0 unspecified atom stereocenters. The minimum absolute atomic E-state index is 0.0690. The molecule has 0 radical (unpaired) electrons. The van der Waals surface area contributed by atoms with Gasteiger partial charge in [0.15, 0.2) is 0 Å². The molecule has 0 aromatic rings. The molecule has 1 amide bonds. The number of allylic oxidation sites excluding steroid dienone is 1. The van der Waals surface area contributed by atoms with Gasteiger partial charge in [-0.3, -0.25) is 4.79 Å². The van der Waals surface area contributed by atoms with Crippen molar-refractivity contribution in [2.24, 2.45) is 5.92 Å². The van der Waals surface area contributed by atoms with Crippen LogP contribution in [0.25, 0.3) is 0 Å². The Hall–Kier alpha value is -0.830. The Morgan fingerprint density at radius 2 is 2.00 bits per heavy atom. The van der Waals surface area contributed by atoms with Crippen molar-refractivity contribution in [2.45, 2.75) is 58.8 Å². The molecule has 1 aliphatic heterocycles. The van der Waals surface area contributed by atoms with E-state index in [0.717, 1.165) is 39.0 Å². The highest BCUT2D eigenvalue weighted by Crippen LogP contribution is 2.13. The second-order valence-electron chi connectivity index (χ2n) is 5.60. The van der Waals surface area contributed by atoms with Gasteiger partial charge in [-0.1, -0.05) is 31.8 Å². The second kappa shape index (κ2) is 10.0. The fraction of sp³-hybridized carbons (Fsp3) is 0.812. The van der Waals surface area contributed by atoms with Crippen LogP contribution >= 0.6 is 0 Å². The molecule has 1 aliphatic rings. The monoisotopic (exact) mass is 267 g/mol. The van der Waals surface area contributed by atoms with Crippen molar-refractivity contribution in [3.63, 3.8) is 0 Å². The molecule has 3 nitrogen and oxygen atoms in total. The first-order valence-electron chi connectivity index (χ1n) is 7.75. The number of amides is 1. The summed E-state index contributed by atoms with van der Waals surface area (Å²) in [6, 6.07) is 0. The van der Waals surface area contributed by atoms with E-state index in [0.29, 0.717) is 5.92 Å². The zero-order chi connectivity index (χ0) is 13.9. The van der Waals surface area contributed by atoms with E-state index in [4.69, 9.17) is 4.74 Å². The van der Waals surface area contributed by atoms with Crippen molar-refractivity contribution < 1.29 is 9.53 Å². The second-order valence-corrected chi connectivity index (χ2v) is 5.60. The largest absolute Gasteiger partial charge is 0.381 e. The number of carbonyl (C=O) groups excluding carboxylic acids is 1. The summed E-state index contributed by atoms with van der Waals surface area (Å²) in [7, 11) is 0. The van der Waals surface area contributed by atoms with Gasteiger partial charge in [-0.05, 0) is 38.5 Å². The normalized spacial score (nSPS) is 17.5. The summed E-state index contributed by atoms with van der Waals surface area (Å²) in [5, 5.41) is 3.01. The fourth-order valence-corrected chi connectivity index (χ4v) is 2.37. The smallest absolute Gasteiger partial charge is 0.243 e. The molecule has 0 aromatic carbocycles. The third-order valence-electron chi connectivity index (χ3n) is 3.71. The molecule has 1 heterocycles. The first kappa shape index (κ1) is 16.2. The highest BCUT2D eigenvalue weighted by molar-refractivity contribution is 5.88. The maximum absolute atomic E-state index is 11.8. The van der Waals surface area contributed by atoms with Crippen molar-refractivity contribution in [2.75, 3.05) is 19.8 Å². The van der Waals surface area contributed by atoms with Crippen LogP contribution in [0.4, 0.5) is 0 Å². The van der Waals surface area contributed by atoms with E-state index in [-0.39, 0.29) is 5.91 Å².